The molecule has 2 aromatic heterocycles. The molecule has 1 aromatic carbocycles. The monoisotopic (exact) mass is 314 g/mol. The topological polar surface area (TPSA) is 55.1 Å². The number of rotatable bonds is 3. The average molecular weight is 315 g/mol. The molecule has 5 heteroatoms. The molecule has 4 nitrogen and oxygen atoms in total. The zero-order valence-corrected chi connectivity index (χ0v) is 13.0. The number of aromatic nitrogens is 1. The molecule has 0 bridgehead atoms. The van der Waals surface area contributed by atoms with Gasteiger partial charge in [-0.15, -0.1) is 0 Å². The molecule has 1 atom stereocenters. The maximum Gasteiger partial charge on any atom is 0.251 e. The van der Waals surface area contributed by atoms with E-state index in [0.29, 0.717) is 10.7 Å². The fraction of sp³-hybridized carbons (Fsp3) is 0.176. The second-order valence-electron chi connectivity index (χ2n) is 5.19. The third-order valence-corrected chi connectivity index (χ3v) is 3.66. The third kappa shape index (κ3) is 2.97. The lowest BCUT2D eigenvalue weighted by molar-refractivity contribution is 0.0935. The lowest BCUT2D eigenvalue weighted by Gasteiger charge is -2.12. The van der Waals surface area contributed by atoms with Gasteiger partial charge in [-0.3, -0.25) is 4.79 Å². The molecule has 0 saturated heterocycles. The highest BCUT2D eigenvalue weighted by atomic mass is 35.5. The fourth-order valence-corrected chi connectivity index (χ4v) is 2.43. The summed E-state index contributed by atoms with van der Waals surface area (Å²) in [5.74, 6) is 1.41. The van der Waals surface area contributed by atoms with Gasteiger partial charge in [0, 0.05) is 10.9 Å². The van der Waals surface area contributed by atoms with Gasteiger partial charge in [-0.1, -0.05) is 11.6 Å². The number of hydrogen-bond acceptors (Lipinski definition) is 3. The van der Waals surface area contributed by atoms with Gasteiger partial charge in [0.1, 0.15) is 16.7 Å². The van der Waals surface area contributed by atoms with Crippen molar-refractivity contribution in [3.05, 3.63) is 64.7 Å². The molecule has 0 aliphatic carbocycles. The Hall–Kier alpha value is -2.33. The lowest BCUT2D eigenvalue weighted by Crippen LogP contribution is -2.26. The number of carbonyl (C=O) groups excluding carboxylic acids is 1. The number of nitrogens with zero attached hydrogens (tertiary/aromatic N) is 1. The molecule has 1 amide bonds. The van der Waals surface area contributed by atoms with Gasteiger partial charge in [0.05, 0.1) is 11.6 Å². The molecule has 0 aliphatic heterocycles. The molecule has 2 heterocycles. The van der Waals surface area contributed by atoms with E-state index in [1.165, 1.54) is 0 Å². The zero-order valence-electron chi connectivity index (χ0n) is 12.3. The van der Waals surface area contributed by atoms with Crippen LogP contribution in [0.4, 0.5) is 0 Å². The highest BCUT2D eigenvalue weighted by Crippen LogP contribution is 2.19. The summed E-state index contributed by atoms with van der Waals surface area (Å²) in [7, 11) is 0. The van der Waals surface area contributed by atoms with Crippen LogP contribution < -0.4 is 5.32 Å². The number of fused-ring (bicyclic) bond motifs is 1. The van der Waals surface area contributed by atoms with Gasteiger partial charge in [-0.25, -0.2) is 4.98 Å². The first kappa shape index (κ1) is 14.6. The summed E-state index contributed by atoms with van der Waals surface area (Å²) in [6.07, 6.45) is 0. The minimum absolute atomic E-state index is 0.154. The van der Waals surface area contributed by atoms with Crippen molar-refractivity contribution < 1.29 is 9.21 Å². The number of hydrogen-bond donors (Lipinski definition) is 1. The van der Waals surface area contributed by atoms with Gasteiger partial charge < -0.3 is 9.73 Å². The smallest absolute Gasteiger partial charge is 0.251 e. The first-order chi connectivity index (χ1) is 10.5. The Kier molecular flexibility index (Phi) is 3.86. The number of furan rings is 1. The molecule has 112 valence electrons. The second-order valence-corrected chi connectivity index (χ2v) is 5.57. The van der Waals surface area contributed by atoms with Crippen molar-refractivity contribution in [2.24, 2.45) is 0 Å². The summed E-state index contributed by atoms with van der Waals surface area (Å²) in [5.41, 5.74) is 1.34. The zero-order chi connectivity index (χ0) is 15.7. The minimum atomic E-state index is -0.194. The van der Waals surface area contributed by atoms with Crippen molar-refractivity contribution in [1.82, 2.24) is 10.3 Å². The Bertz CT molecular complexity index is 842. The van der Waals surface area contributed by atoms with Crippen LogP contribution in [-0.4, -0.2) is 10.9 Å². The maximum absolute atomic E-state index is 12.3. The molecule has 0 saturated carbocycles. The standard InChI is InChI=1S/C17H15ClN2O2/c1-10-3-7-15(22-10)11(2)19-17(21)13-4-6-14-12(9-13)5-8-16(18)20-14/h3-9,11H,1-2H3,(H,19,21). The molecule has 1 N–H and O–H groups in total. The van der Waals surface area contributed by atoms with Crippen molar-refractivity contribution in [3.63, 3.8) is 0 Å². The van der Waals surface area contributed by atoms with Crippen molar-refractivity contribution in [3.8, 4) is 0 Å². The molecular weight excluding hydrogens is 300 g/mol. The quantitative estimate of drug-likeness (QED) is 0.734. The predicted molar refractivity (Wildman–Crippen MR) is 86.1 cm³/mol. The summed E-state index contributed by atoms with van der Waals surface area (Å²) in [5, 5.41) is 4.23. The number of nitrogens with one attached hydrogen (secondary N) is 1. The van der Waals surface area contributed by atoms with E-state index in [4.69, 9.17) is 16.0 Å². The summed E-state index contributed by atoms with van der Waals surface area (Å²) in [4.78, 5) is 16.6. The summed E-state index contributed by atoms with van der Waals surface area (Å²) >= 11 is 5.86. The average Bonchev–Trinajstić information content (AvgIpc) is 2.93. The van der Waals surface area contributed by atoms with Crippen LogP contribution in [0.2, 0.25) is 5.15 Å². The molecule has 3 rings (SSSR count). The first-order valence-corrected chi connectivity index (χ1v) is 7.34. The highest BCUT2D eigenvalue weighted by molar-refractivity contribution is 6.29. The number of amides is 1. The van der Waals surface area contributed by atoms with E-state index < -0.39 is 0 Å². The van der Waals surface area contributed by atoms with Crippen molar-refractivity contribution in [2.75, 3.05) is 0 Å². The normalized spacial score (nSPS) is 12.3. The van der Waals surface area contributed by atoms with Crippen molar-refractivity contribution in [1.29, 1.82) is 0 Å². The van der Waals surface area contributed by atoms with E-state index in [9.17, 15) is 4.79 Å². The van der Waals surface area contributed by atoms with Gasteiger partial charge >= 0.3 is 0 Å². The van der Waals surface area contributed by atoms with Gasteiger partial charge in [0.25, 0.3) is 5.91 Å². The summed E-state index contributed by atoms with van der Waals surface area (Å²) in [6.45, 7) is 3.76. The van der Waals surface area contributed by atoms with Crippen LogP contribution in [0.5, 0.6) is 0 Å². The van der Waals surface area contributed by atoms with E-state index in [1.807, 2.05) is 32.0 Å². The van der Waals surface area contributed by atoms with Crippen LogP contribution in [0.3, 0.4) is 0 Å². The van der Waals surface area contributed by atoms with E-state index in [1.54, 1.807) is 24.3 Å². The van der Waals surface area contributed by atoms with Crippen LogP contribution in [-0.2, 0) is 0 Å². The number of benzene rings is 1. The van der Waals surface area contributed by atoms with E-state index in [0.717, 1.165) is 22.4 Å². The molecule has 0 aliphatic rings. The van der Waals surface area contributed by atoms with Crippen LogP contribution >= 0.6 is 11.6 Å². The van der Waals surface area contributed by atoms with Crippen LogP contribution in [0.15, 0.2) is 46.9 Å². The number of carbonyl (C=O) groups is 1. The third-order valence-electron chi connectivity index (χ3n) is 3.45. The van der Waals surface area contributed by atoms with E-state index in [2.05, 4.69) is 10.3 Å². The fourth-order valence-electron chi connectivity index (χ4n) is 2.28. The Labute approximate surface area is 133 Å². The number of halogens is 1. The lowest BCUT2D eigenvalue weighted by atomic mass is 10.1. The Balaban J connectivity index is 1.81. The van der Waals surface area contributed by atoms with E-state index >= 15 is 0 Å². The largest absolute Gasteiger partial charge is 0.464 e. The second kappa shape index (κ2) is 5.81. The maximum atomic E-state index is 12.3. The van der Waals surface area contributed by atoms with Crippen molar-refractivity contribution in [2.45, 2.75) is 19.9 Å². The van der Waals surface area contributed by atoms with Gasteiger partial charge in [-0.05, 0) is 56.3 Å². The predicted octanol–water partition coefficient (Wildman–Crippen LogP) is 4.28. The number of pyridine rings is 1. The highest BCUT2D eigenvalue weighted by Gasteiger charge is 2.14. The Morgan fingerprint density at radius 1 is 1.23 bits per heavy atom. The van der Waals surface area contributed by atoms with Crippen LogP contribution in [0.1, 0.15) is 34.8 Å². The number of aryl methyl sites for hydroxylation is 1. The van der Waals surface area contributed by atoms with Crippen molar-refractivity contribution >= 4 is 28.4 Å². The van der Waals surface area contributed by atoms with Gasteiger partial charge in [0.15, 0.2) is 0 Å². The summed E-state index contributed by atoms with van der Waals surface area (Å²) < 4.78 is 5.53. The SMILES string of the molecule is Cc1ccc(C(C)NC(=O)c2ccc3nc(Cl)ccc3c2)o1. The first-order valence-electron chi connectivity index (χ1n) is 6.96. The minimum Gasteiger partial charge on any atom is -0.464 e. The Morgan fingerprint density at radius 2 is 2.05 bits per heavy atom. The molecule has 22 heavy (non-hydrogen) atoms. The van der Waals surface area contributed by atoms with Gasteiger partial charge in [0.2, 0.25) is 0 Å². The Morgan fingerprint density at radius 3 is 2.77 bits per heavy atom. The summed E-state index contributed by atoms with van der Waals surface area (Å²) in [6, 6.07) is 12.4. The van der Waals surface area contributed by atoms with E-state index in [-0.39, 0.29) is 11.9 Å². The molecule has 3 aromatic rings. The molecule has 0 fully saturated rings. The molecular formula is C17H15ClN2O2. The molecule has 1 unspecified atom stereocenters. The van der Waals surface area contributed by atoms with Crippen LogP contribution in [0, 0.1) is 6.92 Å². The molecule has 0 radical (unpaired) electrons. The van der Waals surface area contributed by atoms with Crippen LogP contribution in [0.25, 0.3) is 10.9 Å². The molecule has 0 spiro atoms. The van der Waals surface area contributed by atoms with Gasteiger partial charge in [-0.2, -0.15) is 0 Å².